The van der Waals surface area contributed by atoms with Crippen LogP contribution >= 0.6 is 0 Å². The topological polar surface area (TPSA) is 48.9 Å². The van der Waals surface area contributed by atoms with Crippen LogP contribution in [0.4, 0.5) is 0 Å². The van der Waals surface area contributed by atoms with Crippen LogP contribution in [-0.2, 0) is 6.54 Å². The Labute approximate surface area is 153 Å². The molecule has 0 aliphatic carbocycles. The lowest BCUT2D eigenvalue weighted by atomic mass is 10.2. The molecular formula is C20H23N3O2Si. The van der Waals surface area contributed by atoms with Gasteiger partial charge in [0.05, 0.1) is 19.8 Å². The first-order valence-electron chi connectivity index (χ1n) is 8.98. The first-order valence-corrected chi connectivity index (χ1v) is 12.1. The molecule has 0 spiro atoms. The van der Waals surface area contributed by atoms with E-state index in [9.17, 15) is 9.59 Å². The molecule has 3 aromatic rings. The molecule has 134 valence electrons. The third kappa shape index (κ3) is 2.36. The molecule has 2 aromatic carbocycles. The van der Waals surface area contributed by atoms with Gasteiger partial charge in [0.15, 0.2) is 0 Å². The van der Waals surface area contributed by atoms with Crippen LogP contribution < -0.4 is 16.6 Å². The number of nitrogens with zero attached hydrogens (tertiary/aromatic N) is 3. The van der Waals surface area contributed by atoms with Crippen molar-refractivity contribution in [3.8, 4) is 5.69 Å². The Kier molecular flexibility index (Phi) is 3.88. The minimum Gasteiger partial charge on any atom is -0.246 e. The van der Waals surface area contributed by atoms with Gasteiger partial charge in [-0.25, -0.2) is 23.5 Å². The van der Waals surface area contributed by atoms with Crippen molar-refractivity contribution in [3.63, 3.8) is 0 Å². The average Bonchev–Trinajstić information content (AvgIpc) is 3.13. The molecule has 0 radical (unpaired) electrons. The van der Waals surface area contributed by atoms with Crippen molar-refractivity contribution in [2.24, 2.45) is 0 Å². The zero-order valence-electron chi connectivity index (χ0n) is 15.3. The maximum absolute atomic E-state index is 13.0. The average molecular weight is 366 g/mol. The number of benzene rings is 2. The summed E-state index contributed by atoms with van der Waals surface area (Å²) in [5.74, 6) is 0. The molecule has 1 aliphatic heterocycles. The van der Waals surface area contributed by atoms with Gasteiger partial charge < -0.3 is 0 Å². The van der Waals surface area contributed by atoms with Crippen molar-refractivity contribution in [2.75, 3.05) is 0 Å². The number of aromatic nitrogens is 3. The van der Waals surface area contributed by atoms with Crippen LogP contribution in [0.5, 0.6) is 0 Å². The fourth-order valence-electron chi connectivity index (χ4n) is 4.28. The molecule has 0 amide bonds. The molecule has 1 aliphatic rings. The highest BCUT2D eigenvalue weighted by molar-refractivity contribution is 6.91. The Morgan fingerprint density at radius 2 is 1.46 bits per heavy atom. The van der Waals surface area contributed by atoms with Gasteiger partial charge >= 0.3 is 11.4 Å². The predicted octanol–water partition coefficient (Wildman–Crippen LogP) is 2.36. The highest BCUT2D eigenvalue weighted by Crippen LogP contribution is 2.37. The van der Waals surface area contributed by atoms with Crippen molar-refractivity contribution >= 4 is 13.3 Å². The molecule has 0 fully saturated rings. The lowest BCUT2D eigenvalue weighted by molar-refractivity contribution is 0.502. The van der Waals surface area contributed by atoms with Crippen LogP contribution in [-0.4, -0.2) is 22.0 Å². The van der Waals surface area contributed by atoms with Crippen LogP contribution in [0.1, 0.15) is 13.0 Å². The molecule has 0 saturated carbocycles. The van der Waals surface area contributed by atoms with Crippen LogP contribution in [0.15, 0.2) is 70.3 Å². The highest BCUT2D eigenvalue weighted by Gasteiger charge is 2.44. The standard InChI is InChI=1S/C20H23N3O2Si/c1-15-18(26(2,3)17-12-8-5-9-13-17)14-21-19(24)22(20(25)23(15)21)16-10-6-4-7-11-16/h4-13,15,18H,14H2,1-3H3/t15-,18+/m1/s1. The molecule has 0 saturated heterocycles. The molecule has 2 heterocycles. The molecule has 5 nitrogen and oxygen atoms in total. The summed E-state index contributed by atoms with van der Waals surface area (Å²) in [6.07, 6.45) is 0. The fraction of sp³-hybridized carbons (Fsp3) is 0.300. The highest BCUT2D eigenvalue weighted by atomic mass is 28.3. The Balaban J connectivity index is 1.79. The molecule has 0 bridgehead atoms. The van der Waals surface area contributed by atoms with Crippen LogP contribution in [0, 0.1) is 0 Å². The van der Waals surface area contributed by atoms with E-state index in [1.165, 1.54) is 9.75 Å². The molecule has 6 heteroatoms. The van der Waals surface area contributed by atoms with E-state index < -0.39 is 8.07 Å². The maximum Gasteiger partial charge on any atom is 0.352 e. The molecule has 4 rings (SSSR count). The second-order valence-corrected chi connectivity index (χ2v) is 12.4. The SMILES string of the molecule is C[C@@H]1[C@@H]([Si](C)(C)c2ccccc2)Cn2c(=O)n(-c3ccccc3)c(=O)n21. The Hall–Kier alpha value is -2.60. The van der Waals surface area contributed by atoms with E-state index >= 15 is 0 Å². The largest absolute Gasteiger partial charge is 0.352 e. The Morgan fingerprint density at radius 1 is 0.885 bits per heavy atom. The number of rotatable bonds is 3. The van der Waals surface area contributed by atoms with Crippen molar-refractivity contribution in [2.45, 2.75) is 38.1 Å². The van der Waals surface area contributed by atoms with Crippen LogP contribution in [0.2, 0.25) is 18.6 Å². The molecule has 0 unspecified atom stereocenters. The second kappa shape index (κ2) is 5.98. The lowest BCUT2D eigenvalue weighted by Gasteiger charge is -2.32. The molecule has 1 aromatic heterocycles. The van der Waals surface area contributed by atoms with Gasteiger partial charge in [0.2, 0.25) is 0 Å². The molecule has 2 atom stereocenters. The summed E-state index contributed by atoms with van der Waals surface area (Å²) in [7, 11) is -1.84. The minimum absolute atomic E-state index is 0.00188. The van der Waals surface area contributed by atoms with E-state index in [0.29, 0.717) is 17.8 Å². The van der Waals surface area contributed by atoms with Crippen molar-refractivity contribution in [1.29, 1.82) is 0 Å². The van der Waals surface area contributed by atoms with E-state index in [4.69, 9.17) is 0 Å². The molecule has 0 N–H and O–H groups in total. The summed E-state index contributed by atoms with van der Waals surface area (Å²) < 4.78 is 4.59. The van der Waals surface area contributed by atoms with E-state index in [1.807, 2.05) is 24.3 Å². The normalized spacial score (nSPS) is 19.5. The quantitative estimate of drug-likeness (QED) is 0.669. The van der Waals surface area contributed by atoms with E-state index in [1.54, 1.807) is 21.5 Å². The summed E-state index contributed by atoms with van der Waals surface area (Å²) in [6.45, 7) is 7.33. The molecule has 26 heavy (non-hydrogen) atoms. The van der Waals surface area contributed by atoms with Crippen molar-refractivity contribution < 1.29 is 0 Å². The van der Waals surface area contributed by atoms with Gasteiger partial charge in [-0.1, -0.05) is 66.8 Å². The van der Waals surface area contributed by atoms with Crippen molar-refractivity contribution in [3.05, 3.63) is 81.6 Å². The minimum atomic E-state index is -1.84. The van der Waals surface area contributed by atoms with Crippen LogP contribution in [0.25, 0.3) is 5.69 Å². The summed E-state index contributed by atoms with van der Waals surface area (Å²) >= 11 is 0. The van der Waals surface area contributed by atoms with Gasteiger partial charge in [0.25, 0.3) is 0 Å². The van der Waals surface area contributed by atoms with Crippen molar-refractivity contribution in [1.82, 2.24) is 13.9 Å². The summed E-state index contributed by atoms with van der Waals surface area (Å²) in [4.78, 5) is 26.0. The maximum atomic E-state index is 13.0. The van der Waals surface area contributed by atoms with Gasteiger partial charge in [-0.05, 0) is 19.1 Å². The molecular weight excluding hydrogens is 342 g/mol. The summed E-state index contributed by atoms with van der Waals surface area (Å²) in [6, 6.07) is 19.7. The second-order valence-electron chi connectivity index (χ2n) is 7.60. The Morgan fingerprint density at radius 3 is 2.04 bits per heavy atom. The van der Waals surface area contributed by atoms with Gasteiger partial charge in [-0.15, -0.1) is 0 Å². The third-order valence-corrected chi connectivity index (χ3v) is 10.2. The van der Waals surface area contributed by atoms with Gasteiger partial charge in [0, 0.05) is 12.1 Å². The van der Waals surface area contributed by atoms with E-state index in [-0.39, 0.29) is 17.4 Å². The predicted molar refractivity (Wildman–Crippen MR) is 106 cm³/mol. The lowest BCUT2D eigenvalue weighted by Crippen LogP contribution is -2.48. The summed E-state index contributed by atoms with van der Waals surface area (Å²) in [5, 5.41) is 1.36. The van der Waals surface area contributed by atoms with Crippen LogP contribution in [0.3, 0.4) is 0 Å². The monoisotopic (exact) mass is 365 g/mol. The number of hydrogen-bond donors (Lipinski definition) is 0. The fourth-order valence-corrected chi connectivity index (χ4v) is 7.73. The first kappa shape index (κ1) is 16.8. The third-order valence-electron chi connectivity index (χ3n) is 5.86. The number of para-hydroxylation sites is 1. The number of fused-ring (bicyclic) bond motifs is 1. The van der Waals surface area contributed by atoms with E-state index in [0.717, 1.165) is 0 Å². The van der Waals surface area contributed by atoms with E-state index in [2.05, 4.69) is 44.3 Å². The van der Waals surface area contributed by atoms with Gasteiger partial charge in [-0.2, -0.15) is 0 Å². The first-order chi connectivity index (χ1) is 12.4. The smallest absolute Gasteiger partial charge is 0.246 e. The summed E-state index contributed by atoms with van der Waals surface area (Å²) in [5.41, 5.74) is 0.443. The van der Waals surface area contributed by atoms with Gasteiger partial charge in [-0.3, -0.25) is 0 Å². The Bertz CT molecular complexity index is 1050. The zero-order chi connectivity index (χ0) is 18.5. The number of hydrogen-bond acceptors (Lipinski definition) is 2. The van der Waals surface area contributed by atoms with Gasteiger partial charge in [0.1, 0.15) is 0 Å². The zero-order valence-corrected chi connectivity index (χ0v) is 16.3.